The Hall–Kier alpha value is -2.50. The molecule has 0 radical (unpaired) electrons. The SMILES string of the molecule is Cc1nccc(N2CCC(c3cccc(CCC(=O)O)n3)CC2)n1. The van der Waals surface area contributed by atoms with E-state index in [-0.39, 0.29) is 6.42 Å². The van der Waals surface area contributed by atoms with Crippen LogP contribution in [0.1, 0.15) is 42.4 Å². The van der Waals surface area contributed by atoms with Gasteiger partial charge in [0.05, 0.1) is 6.42 Å². The number of hydrogen-bond donors (Lipinski definition) is 1. The highest BCUT2D eigenvalue weighted by molar-refractivity contribution is 5.66. The molecule has 6 nitrogen and oxygen atoms in total. The first-order chi connectivity index (χ1) is 11.6. The van der Waals surface area contributed by atoms with Crippen molar-refractivity contribution in [2.75, 3.05) is 18.0 Å². The van der Waals surface area contributed by atoms with Gasteiger partial charge < -0.3 is 10.0 Å². The average molecular weight is 326 g/mol. The van der Waals surface area contributed by atoms with E-state index in [9.17, 15) is 4.79 Å². The zero-order chi connectivity index (χ0) is 16.9. The highest BCUT2D eigenvalue weighted by Crippen LogP contribution is 2.28. The lowest BCUT2D eigenvalue weighted by Gasteiger charge is -2.32. The molecule has 1 saturated heterocycles. The second-order valence-electron chi connectivity index (χ2n) is 6.17. The molecule has 24 heavy (non-hydrogen) atoms. The van der Waals surface area contributed by atoms with Gasteiger partial charge in [0.2, 0.25) is 0 Å². The van der Waals surface area contributed by atoms with Gasteiger partial charge in [-0.25, -0.2) is 9.97 Å². The van der Waals surface area contributed by atoms with Gasteiger partial charge in [0.15, 0.2) is 0 Å². The molecule has 2 aromatic rings. The largest absolute Gasteiger partial charge is 0.481 e. The number of aromatic nitrogens is 3. The molecule has 0 aromatic carbocycles. The molecule has 2 aromatic heterocycles. The van der Waals surface area contributed by atoms with E-state index in [1.807, 2.05) is 25.1 Å². The molecule has 1 aliphatic heterocycles. The lowest BCUT2D eigenvalue weighted by Crippen LogP contribution is -2.33. The number of nitrogens with zero attached hydrogens (tertiary/aromatic N) is 4. The predicted molar refractivity (Wildman–Crippen MR) is 91.2 cm³/mol. The van der Waals surface area contributed by atoms with E-state index in [0.717, 1.165) is 49.0 Å². The van der Waals surface area contributed by atoms with Gasteiger partial charge in [0.25, 0.3) is 0 Å². The first-order valence-corrected chi connectivity index (χ1v) is 8.34. The number of anilines is 1. The molecule has 0 spiro atoms. The van der Waals surface area contributed by atoms with E-state index in [2.05, 4.69) is 25.9 Å². The van der Waals surface area contributed by atoms with Crippen LogP contribution in [0, 0.1) is 6.92 Å². The maximum atomic E-state index is 10.7. The maximum Gasteiger partial charge on any atom is 0.303 e. The summed E-state index contributed by atoms with van der Waals surface area (Å²) >= 11 is 0. The van der Waals surface area contributed by atoms with Crippen LogP contribution in [0.4, 0.5) is 5.82 Å². The topological polar surface area (TPSA) is 79.2 Å². The molecular formula is C18H22N4O2. The van der Waals surface area contributed by atoms with Gasteiger partial charge in [-0.2, -0.15) is 0 Å². The molecule has 3 rings (SSSR count). The molecule has 0 atom stereocenters. The summed E-state index contributed by atoms with van der Waals surface area (Å²) in [4.78, 5) is 26.3. The van der Waals surface area contributed by atoms with Crippen molar-refractivity contribution >= 4 is 11.8 Å². The van der Waals surface area contributed by atoms with Gasteiger partial charge in [0.1, 0.15) is 11.6 Å². The number of carboxylic acids is 1. The normalized spacial score (nSPS) is 15.5. The minimum atomic E-state index is -0.782. The molecule has 0 bridgehead atoms. The molecule has 126 valence electrons. The van der Waals surface area contributed by atoms with Crippen molar-refractivity contribution in [3.05, 3.63) is 47.7 Å². The van der Waals surface area contributed by atoms with Crippen LogP contribution in [-0.2, 0) is 11.2 Å². The molecule has 1 N–H and O–H groups in total. The lowest BCUT2D eigenvalue weighted by atomic mass is 9.92. The van der Waals surface area contributed by atoms with Gasteiger partial charge >= 0.3 is 5.97 Å². The molecule has 1 fully saturated rings. The Kier molecular flexibility index (Phi) is 5.03. The van der Waals surface area contributed by atoms with E-state index in [4.69, 9.17) is 5.11 Å². The molecule has 0 amide bonds. The summed E-state index contributed by atoms with van der Waals surface area (Å²) in [5, 5.41) is 8.81. The fourth-order valence-electron chi connectivity index (χ4n) is 3.12. The number of aliphatic carboxylic acids is 1. The average Bonchev–Trinajstić information content (AvgIpc) is 2.60. The standard InChI is InChI=1S/C18H22N4O2/c1-13-19-10-7-17(20-13)22-11-8-14(9-12-22)16-4-2-3-15(21-16)5-6-18(23)24/h2-4,7,10,14H,5-6,8-9,11-12H2,1H3,(H,23,24). The highest BCUT2D eigenvalue weighted by Gasteiger charge is 2.22. The summed E-state index contributed by atoms with van der Waals surface area (Å²) in [6.07, 6.45) is 4.47. The smallest absolute Gasteiger partial charge is 0.303 e. The van der Waals surface area contributed by atoms with E-state index < -0.39 is 5.97 Å². The van der Waals surface area contributed by atoms with Gasteiger partial charge in [-0.05, 0) is 38.0 Å². The Labute approximate surface area is 141 Å². The minimum Gasteiger partial charge on any atom is -0.481 e. The van der Waals surface area contributed by atoms with Gasteiger partial charge in [-0.3, -0.25) is 9.78 Å². The summed E-state index contributed by atoms with van der Waals surface area (Å²) < 4.78 is 0. The van der Waals surface area contributed by atoms with Gasteiger partial charge in [-0.1, -0.05) is 6.07 Å². The monoisotopic (exact) mass is 326 g/mol. The number of aryl methyl sites for hydroxylation is 2. The zero-order valence-electron chi connectivity index (χ0n) is 13.9. The lowest BCUT2D eigenvalue weighted by molar-refractivity contribution is -0.136. The Morgan fingerprint density at radius 3 is 2.75 bits per heavy atom. The Balaban J connectivity index is 1.62. The molecule has 0 unspecified atom stereocenters. The van der Waals surface area contributed by atoms with Crippen LogP contribution in [0.15, 0.2) is 30.5 Å². The van der Waals surface area contributed by atoms with Crippen LogP contribution in [-0.4, -0.2) is 39.1 Å². The predicted octanol–water partition coefficient (Wildman–Crippen LogP) is 2.58. The number of carboxylic acid groups (broad SMARTS) is 1. The summed E-state index contributed by atoms with van der Waals surface area (Å²) in [6, 6.07) is 7.91. The van der Waals surface area contributed by atoms with Crippen molar-refractivity contribution in [3.63, 3.8) is 0 Å². The van der Waals surface area contributed by atoms with Crippen molar-refractivity contribution in [1.29, 1.82) is 0 Å². The van der Waals surface area contributed by atoms with Crippen LogP contribution in [0.2, 0.25) is 0 Å². The van der Waals surface area contributed by atoms with Gasteiger partial charge in [0, 0.05) is 43.0 Å². The number of hydrogen-bond acceptors (Lipinski definition) is 5. The quantitative estimate of drug-likeness (QED) is 0.910. The van der Waals surface area contributed by atoms with E-state index in [1.54, 1.807) is 6.20 Å². The van der Waals surface area contributed by atoms with E-state index in [0.29, 0.717) is 12.3 Å². The van der Waals surface area contributed by atoms with Crippen LogP contribution in [0.3, 0.4) is 0 Å². The number of rotatable bonds is 5. The van der Waals surface area contributed by atoms with Crippen molar-refractivity contribution < 1.29 is 9.90 Å². The number of carbonyl (C=O) groups is 1. The molecule has 0 saturated carbocycles. The third-order valence-electron chi connectivity index (χ3n) is 4.42. The Bertz CT molecular complexity index is 712. The van der Waals surface area contributed by atoms with Crippen LogP contribution in [0.5, 0.6) is 0 Å². The molecular weight excluding hydrogens is 304 g/mol. The summed E-state index contributed by atoms with van der Waals surface area (Å²) in [5.41, 5.74) is 1.94. The Morgan fingerprint density at radius 2 is 2.04 bits per heavy atom. The zero-order valence-corrected chi connectivity index (χ0v) is 13.9. The van der Waals surface area contributed by atoms with Crippen molar-refractivity contribution in [2.24, 2.45) is 0 Å². The van der Waals surface area contributed by atoms with Crippen LogP contribution < -0.4 is 4.90 Å². The second-order valence-corrected chi connectivity index (χ2v) is 6.17. The summed E-state index contributed by atoms with van der Waals surface area (Å²) in [5.74, 6) is 1.43. The summed E-state index contributed by atoms with van der Waals surface area (Å²) in [7, 11) is 0. The fraction of sp³-hybridized carbons (Fsp3) is 0.444. The van der Waals surface area contributed by atoms with Crippen LogP contribution in [0.25, 0.3) is 0 Å². The van der Waals surface area contributed by atoms with E-state index >= 15 is 0 Å². The van der Waals surface area contributed by atoms with Crippen molar-refractivity contribution in [1.82, 2.24) is 15.0 Å². The second kappa shape index (κ2) is 7.38. The Morgan fingerprint density at radius 1 is 1.25 bits per heavy atom. The number of piperidine rings is 1. The molecule has 1 aliphatic rings. The molecule has 0 aliphatic carbocycles. The maximum absolute atomic E-state index is 10.7. The first kappa shape index (κ1) is 16.4. The van der Waals surface area contributed by atoms with Gasteiger partial charge in [-0.15, -0.1) is 0 Å². The number of pyridine rings is 1. The van der Waals surface area contributed by atoms with Crippen molar-refractivity contribution in [3.8, 4) is 0 Å². The highest BCUT2D eigenvalue weighted by atomic mass is 16.4. The third kappa shape index (κ3) is 4.07. The summed E-state index contributed by atoms with van der Waals surface area (Å²) in [6.45, 7) is 3.80. The molecule has 6 heteroatoms. The van der Waals surface area contributed by atoms with E-state index in [1.165, 1.54) is 0 Å². The molecule has 3 heterocycles. The third-order valence-corrected chi connectivity index (χ3v) is 4.42. The minimum absolute atomic E-state index is 0.127. The van der Waals surface area contributed by atoms with Crippen LogP contribution >= 0.6 is 0 Å². The first-order valence-electron chi connectivity index (χ1n) is 8.34. The van der Waals surface area contributed by atoms with Crippen molar-refractivity contribution in [2.45, 2.75) is 38.5 Å². The fourth-order valence-corrected chi connectivity index (χ4v) is 3.12.